The van der Waals surface area contributed by atoms with Gasteiger partial charge in [-0.2, -0.15) is 10.4 Å². The lowest BCUT2D eigenvalue weighted by Gasteiger charge is -2.08. The first-order chi connectivity index (χ1) is 10.3. The Morgan fingerprint density at radius 1 is 1.14 bits per heavy atom. The van der Waals surface area contributed by atoms with Gasteiger partial charge in [0.1, 0.15) is 11.8 Å². The van der Waals surface area contributed by atoms with Crippen LogP contribution in [-0.2, 0) is 0 Å². The molecule has 2 aromatic heterocycles. The fourth-order valence-corrected chi connectivity index (χ4v) is 2.07. The molecule has 0 saturated carbocycles. The van der Waals surface area contributed by atoms with Gasteiger partial charge in [0.2, 0.25) is 0 Å². The van der Waals surface area contributed by atoms with Crippen molar-refractivity contribution in [3.8, 4) is 28.9 Å². The summed E-state index contributed by atoms with van der Waals surface area (Å²) in [6, 6.07) is 16.9. The molecule has 21 heavy (non-hydrogen) atoms. The van der Waals surface area contributed by atoms with Gasteiger partial charge in [-0.1, -0.05) is 12.1 Å². The lowest BCUT2D eigenvalue weighted by atomic mass is 10.2. The summed E-state index contributed by atoms with van der Waals surface area (Å²) in [4.78, 5) is 4.32. The number of hydrogen-bond donors (Lipinski definition) is 0. The van der Waals surface area contributed by atoms with Gasteiger partial charge in [-0.25, -0.2) is 4.68 Å². The van der Waals surface area contributed by atoms with Crippen molar-refractivity contribution in [1.29, 1.82) is 5.26 Å². The van der Waals surface area contributed by atoms with Gasteiger partial charge in [0.25, 0.3) is 0 Å². The SMILES string of the molecule is COc1cccc(-n2nc(C#N)cc2-c2ccccn2)c1. The third-order valence-electron chi connectivity index (χ3n) is 3.05. The van der Waals surface area contributed by atoms with Crippen LogP contribution in [0.1, 0.15) is 5.69 Å². The summed E-state index contributed by atoms with van der Waals surface area (Å²) in [5.41, 5.74) is 2.68. The van der Waals surface area contributed by atoms with Crippen LogP contribution in [-0.4, -0.2) is 21.9 Å². The molecule has 3 rings (SSSR count). The van der Waals surface area contributed by atoms with Crippen molar-refractivity contribution in [3.05, 3.63) is 60.4 Å². The molecule has 5 nitrogen and oxygen atoms in total. The number of rotatable bonds is 3. The van der Waals surface area contributed by atoms with E-state index in [1.165, 1.54) is 0 Å². The van der Waals surface area contributed by atoms with Gasteiger partial charge in [-0.15, -0.1) is 0 Å². The average Bonchev–Trinajstić information content (AvgIpc) is 3.00. The van der Waals surface area contributed by atoms with Crippen molar-refractivity contribution < 1.29 is 4.74 Å². The zero-order valence-electron chi connectivity index (χ0n) is 11.4. The Hall–Kier alpha value is -3.13. The number of hydrogen-bond acceptors (Lipinski definition) is 4. The van der Waals surface area contributed by atoms with Crippen molar-refractivity contribution in [2.45, 2.75) is 0 Å². The van der Waals surface area contributed by atoms with Gasteiger partial charge in [0.05, 0.1) is 24.2 Å². The lowest BCUT2D eigenvalue weighted by molar-refractivity contribution is 0.414. The number of ether oxygens (including phenoxy) is 1. The highest BCUT2D eigenvalue weighted by atomic mass is 16.5. The molecule has 5 heteroatoms. The molecule has 0 spiro atoms. The molecule has 0 aliphatic heterocycles. The van der Waals surface area contributed by atoms with Gasteiger partial charge in [0.15, 0.2) is 5.69 Å². The summed E-state index contributed by atoms with van der Waals surface area (Å²) < 4.78 is 6.93. The van der Waals surface area contributed by atoms with Crippen LogP contribution in [0.5, 0.6) is 5.75 Å². The van der Waals surface area contributed by atoms with Crippen molar-refractivity contribution in [2.24, 2.45) is 0 Å². The monoisotopic (exact) mass is 276 g/mol. The van der Waals surface area contributed by atoms with E-state index in [0.29, 0.717) is 5.69 Å². The number of methoxy groups -OCH3 is 1. The minimum atomic E-state index is 0.346. The number of benzene rings is 1. The molecule has 2 heterocycles. The Bertz CT molecular complexity index is 803. The Kier molecular flexibility index (Phi) is 3.36. The second kappa shape index (κ2) is 5.47. The molecule has 0 amide bonds. The molecule has 0 atom stereocenters. The van der Waals surface area contributed by atoms with Crippen molar-refractivity contribution in [1.82, 2.24) is 14.8 Å². The third-order valence-corrected chi connectivity index (χ3v) is 3.05. The maximum atomic E-state index is 9.10. The molecule has 0 unspecified atom stereocenters. The average molecular weight is 276 g/mol. The van der Waals surface area contributed by atoms with Crippen LogP contribution in [0.4, 0.5) is 0 Å². The summed E-state index contributed by atoms with van der Waals surface area (Å²) in [7, 11) is 1.61. The van der Waals surface area contributed by atoms with Crippen LogP contribution in [0.15, 0.2) is 54.7 Å². The molecule has 0 fully saturated rings. The quantitative estimate of drug-likeness (QED) is 0.738. The number of nitriles is 1. The second-order valence-electron chi connectivity index (χ2n) is 4.35. The summed E-state index contributed by atoms with van der Waals surface area (Å²) in [6.07, 6.45) is 1.71. The summed E-state index contributed by atoms with van der Waals surface area (Å²) in [5.74, 6) is 0.730. The zero-order valence-corrected chi connectivity index (χ0v) is 11.4. The summed E-state index contributed by atoms with van der Waals surface area (Å²) in [5, 5.41) is 13.4. The molecular weight excluding hydrogens is 264 g/mol. The van der Waals surface area contributed by atoms with Crippen LogP contribution in [0, 0.1) is 11.3 Å². The predicted molar refractivity (Wildman–Crippen MR) is 78.1 cm³/mol. The van der Waals surface area contributed by atoms with E-state index < -0.39 is 0 Å². The Labute approximate surface area is 122 Å². The molecule has 102 valence electrons. The van der Waals surface area contributed by atoms with Crippen molar-refractivity contribution >= 4 is 0 Å². The van der Waals surface area contributed by atoms with Gasteiger partial charge in [-0.05, 0) is 24.3 Å². The van der Waals surface area contributed by atoms with E-state index in [9.17, 15) is 0 Å². The fourth-order valence-electron chi connectivity index (χ4n) is 2.07. The Morgan fingerprint density at radius 2 is 2.05 bits per heavy atom. The highest BCUT2D eigenvalue weighted by molar-refractivity contribution is 5.60. The molecule has 0 aliphatic rings. The number of aromatic nitrogens is 3. The first kappa shape index (κ1) is 12.9. The highest BCUT2D eigenvalue weighted by Gasteiger charge is 2.12. The normalized spacial score (nSPS) is 10.1. The minimum absolute atomic E-state index is 0.346. The molecule has 0 saturated heterocycles. The molecular formula is C16H12N4O. The molecule has 0 N–H and O–H groups in total. The summed E-state index contributed by atoms with van der Waals surface area (Å²) in [6.45, 7) is 0. The highest BCUT2D eigenvalue weighted by Crippen LogP contribution is 2.24. The molecule has 0 radical (unpaired) electrons. The Morgan fingerprint density at radius 3 is 2.76 bits per heavy atom. The standard InChI is InChI=1S/C16H12N4O/c1-21-14-6-4-5-13(10-14)20-16(9-12(11-17)19-20)15-7-2-3-8-18-15/h2-10H,1H3. The van der Waals surface area contributed by atoms with Gasteiger partial charge < -0.3 is 4.74 Å². The van der Waals surface area contributed by atoms with Crippen LogP contribution in [0.3, 0.4) is 0 Å². The Balaban J connectivity index is 2.18. The van der Waals surface area contributed by atoms with Crippen LogP contribution >= 0.6 is 0 Å². The van der Waals surface area contributed by atoms with Crippen LogP contribution in [0.2, 0.25) is 0 Å². The topological polar surface area (TPSA) is 63.7 Å². The van der Waals surface area contributed by atoms with Crippen molar-refractivity contribution in [2.75, 3.05) is 7.11 Å². The van der Waals surface area contributed by atoms with Crippen molar-refractivity contribution in [3.63, 3.8) is 0 Å². The van der Waals surface area contributed by atoms with E-state index in [0.717, 1.165) is 22.8 Å². The van der Waals surface area contributed by atoms with E-state index in [1.54, 1.807) is 24.1 Å². The van der Waals surface area contributed by atoms with Crippen LogP contribution in [0.25, 0.3) is 17.1 Å². The predicted octanol–water partition coefficient (Wildman–Crippen LogP) is 2.81. The summed E-state index contributed by atoms with van der Waals surface area (Å²) >= 11 is 0. The second-order valence-corrected chi connectivity index (χ2v) is 4.35. The molecule has 0 aliphatic carbocycles. The minimum Gasteiger partial charge on any atom is -0.497 e. The van der Waals surface area contributed by atoms with Crippen LogP contribution < -0.4 is 4.74 Å². The largest absolute Gasteiger partial charge is 0.497 e. The van der Waals surface area contributed by atoms with E-state index in [-0.39, 0.29) is 0 Å². The van der Waals surface area contributed by atoms with E-state index in [2.05, 4.69) is 16.2 Å². The maximum Gasteiger partial charge on any atom is 0.163 e. The zero-order chi connectivity index (χ0) is 14.7. The number of nitrogens with zero attached hydrogens (tertiary/aromatic N) is 4. The fraction of sp³-hybridized carbons (Fsp3) is 0.0625. The van der Waals surface area contributed by atoms with E-state index >= 15 is 0 Å². The number of pyridine rings is 1. The van der Waals surface area contributed by atoms with E-state index in [4.69, 9.17) is 10.00 Å². The van der Waals surface area contributed by atoms with Gasteiger partial charge in [-0.3, -0.25) is 4.98 Å². The first-order valence-corrected chi connectivity index (χ1v) is 6.38. The third kappa shape index (κ3) is 2.47. The molecule has 0 bridgehead atoms. The molecule has 1 aromatic carbocycles. The maximum absolute atomic E-state index is 9.10. The first-order valence-electron chi connectivity index (χ1n) is 6.38. The van der Waals surface area contributed by atoms with Gasteiger partial charge in [0, 0.05) is 18.3 Å². The van der Waals surface area contributed by atoms with Gasteiger partial charge >= 0.3 is 0 Å². The molecule has 3 aromatic rings. The smallest absolute Gasteiger partial charge is 0.163 e. The lowest BCUT2D eigenvalue weighted by Crippen LogP contribution is -2.00. The van der Waals surface area contributed by atoms with E-state index in [1.807, 2.05) is 42.5 Å².